The molecule has 168 valence electrons. The number of esters is 1. The Morgan fingerprint density at radius 1 is 1.31 bits per heavy atom. The number of hydrogen-bond acceptors (Lipinski definition) is 6. The van der Waals surface area contributed by atoms with Crippen molar-refractivity contribution in [3.63, 3.8) is 0 Å². The van der Waals surface area contributed by atoms with Gasteiger partial charge < -0.3 is 14.0 Å². The van der Waals surface area contributed by atoms with Crippen LogP contribution in [0.3, 0.4) is 0 Å². The second-order valence-electron chi connectivity index (χ2n) is 7.69. The van der Waals surface area contributed by atoms with Gasteiger partial charge in [-0.2, -0.15) is 4.99 Å². The molecule has 1 unspecified atom stereocenters. The van der Waals surface area contributed by atoms with Crippen molar-refractivity contribution in [2.45, 2.75) is 52.2 Å². The Morgan fingerprint density at radius 2 is 2.16 bits per heavy atom. The molecular formula is C23H26N4O5. The molecule has 9 nitrogen and oxygen atoms in total. The smallest absolute Gasteiger partial charge is 0.341 e. The van der Waals surface area contributed by atoms with E-state index in [0.29, 0.717) is 30.9 Å². The molecule has 1 aliphatic heterocycles. The average molecular weight is 438 g/mol. The van der Waals surface area contributed by atoms with Crippen molar-refractivity contribution in [2.75, 3.05) is 13.2 Å². The molecule has 1 amide bonds. The van der Waals surface area contributed by atoms with Crippen LogP contribution in [0.4, 0.5) is 0 Å². The van der Waals surface area contributed by atoms with Crippen LogP contribution in [0.2, 0.25) is 0 Å². The molecule has 0 bridgehead atoms. The number of pyridine rings is 2. The van der Waals surface area contributed by atoms with Crippen LogP contribution in [0.5, 0.6) is 0 Å². The van der Waals surface area contributed by atoms with E-state index in [-0.39, 0.29) is 47.0 Å². The van der Waals surface area contributed by atoms with Gasteiger partial charge in [0.2, 0.25) is 5.91 Å². The summed E-state index contributed by atoms with van der Waals surface area (Å²) in [6.45, 7) is 4.69. The van der Waals surface area contributed by atoms with Gasteiger partial charge in [-0.15, -0.1) is 0 Å². The standard InChI is InChI=1S/C23H26N4O5/c1-3-8-19(28)25-21-17(23(30)31-4-2)13-16-20(27(21)14-15-9-7-12-32-15)24-18-10-5-6-11-26(18)22(16)29/h5-6,10-11,13,15H,3-4,7-9,12,14H2,1-2H3. The minimum Gasteiger partial charge on any atom is -0.462 e. The van der Waals surface area contributed by atoms with Crippen molar-refractivity contribution in [3.8, 4) is 0 Å². The van der Waals surface area contributed by atoms with Gasteiger partial charge in [-0.25, -0.2) is 9.78 Å². The summed E-state index contributed by atoms with van der Waals surface area (Å²) >= 11 is 0. The molecule has 3 aromatic heterocycles. The van der Waals surface area contributed by atoms with Gasteiger partial charge in [0, 0.05) is 19.2 Å². The Kier molecular flexibility index (Phi) is 6.45. The van der Waals surface area contributed by atoms with E-state index in [2.05, 4.69) is 9.98 Å². The Balaban J connectivity index is 2.10. The largest absolute Gasteiger partial charge is 0.462 e. The molecule has 4 heterocycles. The predicted molar refractivity (Wildman–Crippen MR) is 117 cm³/mol. The molecule has 3 aromatic rings. The van der Waals surface area contributed by atoms with E-state index in [1.54, 1.807) is 35.9 Å². The first-order valence-corrected chi connectivity index (χ1v) is 10.9. The van der Waals surface area contributed by atoms with E-state index < -0.39 is 5.97 Å². The summed E-state index contributed by atoms with van der Waals surface area (Å²) in [7, 11) is 0. The molecular weight excluding hydrogens is 412 g/mol. The fourth-order valence-electron chi connectivity index (χ4n) is 3.91. The Labute approximate surface area is 184 Å². The summed E-state index contributed by atoms with van der Waals surface area (Å²) in [5.74, 6) is -0.993. The van der Waals surface area contributed by atoms with Crippen molar-refractivity contribution in [1.82, 2.24) is 14.0 Å². The van der Waals surface area contributed by atoms with Gasteiger partial charge in [0.25, 0.3) is 5.56 Å². The van der Waals surface area contributed by atoms with E-state index in [1.165, 1.54) is 10.5 Å². The Bertz CT molecular complexity index is 1300. The van der Waals surface area contributed by atoms with Crippen molar-refractivity contribution in [1.29, 1.82) is 0 Å². The van der Waals surface area contributed by atoms with Crippen molar-refractivity contribution < 1.29 is 19.1 Å². The van der Waals surface area contributed by atoms with Crippen molar-refractivity contribution in [2.24, 2.45) is 4.99 Å². The average Bonchev–Trinajstić information content (AvgIpc) is 3.29. The number of carbonyl (C=O) groups excluding carboxylic acids is 2. The molecule has 4 rings (SSSR count). The summed E-state index contributed by atoms with van der Waals surface area (Å²) in [6, 6.07) is 6.70. The third-order valence-electron chi connectivity index (χ3n) is 5.39. The van der Waals surface area contributed by atoms with Crippen LogP contribution < -0.4 is 11.0 Å². The molecule has 0 aromatic carbocycles. The number of nitrogens with zero attached hydrogens (tertiary/aromatic N) is 4. The maximum atomic E-state index is 13.3. The summed E-state index contributed by atoms with van der Waals surface area (Å²) in [5.41, 5.74) is 0.714. The number of aromatic nitrogens is 3. The molecule has 0 saturated carbocycles. The van der Waals surface area contributed by atoms with Crippen molar-refractivity contribution >= 4 is 28.6 Å². The van der Waals surface area contributed by atoms with Crippen LogP contribution in [-0.4, -0.2) is 45.1 Å². The quantitative estimate of drug-likeness (QED) is 0.432. The van der Waals surface area contributed by atoms with Gasteiger partial charge in [-0.1, -0.05) is 13.0 Å². The van der Waals surface area contributed by atoms with Gasteiger partial charge >= 0.3 is 5.97 Å². The molecule has 1 fully saturated rings. The highest BCUT2D eigenvalue weighted by Gasteiger charge is 2.23. The van der Waals surface area contributed by atoms with Gasteiger partial charge in [-0.3, -0.25) is 14.0 Å². The first-order valence-electron chi connectivity index (χ1n) is 10.9. The molecule has 0 aliphatic carbocycles. The van der Waals surface area contributed by atoms with Gasteiger partial charge in [0.05, 0.1) is 24.6 Å². The lowest BCUT2D eigenvalue weighted by Crippen LogP contribution is -2.35. The zero-order valence-electron chi connectivity index (χ0n) is 18.2. The number of ether oxygens (including phenoxy) is 2. The molecule has 1 saturated heterocycles. The van der Waals surface area contributed by atoms with E-state index in [0.717, 1.165) is 12.8 Å². The number of hydrogen-bond donors (Lipinski definition) is 0. The predicted octanol–water partition coefficient (Wildman–Crippen LogP) is 2.23. The highest BCUT2D eigenvalue weighted by Crippen LogP contribution is 2.17. The lowest BCUT2D eigenvalue weighted by Gasteiger charge is -2.18. The Morgan fingerprint density at radius 3 is 2.88 bits per heavy atom. The van der Waals surface area contributed by atoms with Gasteiger partial charge in [0.1, 0.15) is 16.9 Å². The van der Waals surface area contributed by atoms with Gasteiger partial charge in [0.15, 0.2) is 5.49 Å². The van der Waals surface area contributed by atoms with Crippen LogP contribution in [0, 0.1) is 0 Å². The lowest BCUT2D eigenvalue weighted by molar-refractivity contribution is -0.118. The van der Waals surface area contributed by atoms with E-state index in [4.69, 9.17) is 9.47 Å². The maximum absolute atomic E-state index is 13.3. The fourth-order valence-corrected chi connectivity index (χ4v) is 3.91. The molecule has 1 atom stereocenters. The first-order chi connectivity index (χ1) is 15.5. The summed E-state index contributed by atoms with van der Waals surface area (Å²) in [5, 5.41) is 0.247. The fraction of sp³-hybridized carbons (Fsp3) is 0.435. The normalized spacial score (nSPS) is 16.7. The SMILES string of the molecule is CCCC(=O)N=c1c(C(=O)OCC)cc2c(=O)n3ccccc3nc2n1CC1CCCO1. The van der Waals surface area contributed by atoms with E-state index >= 15 is 0 Å². The molecule has 9 heteroatoms. The maximum Gasteiger partial charge on any atom is 0.341 e. The third kappa shape index (κ3) is 4.20. The summed E-state index contributed by atoms with van der Waals surface area (Å²) in [6.07, 6.45) is 4.11. The van der Waals surface area contributed by atoms with Crippen LogP contribution in [-0.2, 0) is 20.8 Å². The zero-order valence-corrected chi connectivity index (χ0v) is 18.2. The van der Waals surface area contributed by atoms with E-state index in [1.807, 2.05) is 6.92 Å². The number of carbonyl (C=O) groups is 2. The number of amides is 1. The minimum atomic E-state index is -0.643. The first kappa shape index (κ1) is 21.9. The van der Waals surface area contributed by atoms with Crippen LogP contribution in [0.15, 0.2) is 40.2 Å². The van der Waals surface area contributed by atoms with Crippen LogP contribution in [0.25, 0.3) is 16.7 Å². The second-order valence-corrected chi connectivity index (χ2v) is 7.69. The van der Waals surface area contributed by atoms with Crippen LogP contribution in [0.1, 0.15) is 49.9 Å². The van der Waals surface area contributed by atoms with Crippen molar-refractivity contribution in [3.05, 3.63) is 51.9 Å². The summed E-state index contributed by atoms with van der Waals surface area (Å²) < 4.78 is 14.1. The molecule has 0 radical (unpaired) electrons. The monoisotopic (exact) mass is 438 g/mol. The Hall–Kier alpha value is -3.33. The summed E-state index contributed by atoms with van der Waals surface area (Å²) in [4.78, 5) is 47.6. The lowest BCUT2D eigenvalue weighted by atomic mass is 10.2. The number of fused-ring (bicyclic) bond motifs is 2. The van der Waals surface area contributed by atoms with E-state index in [9.17, 15) is 14.4 Å². The topological polar surface area (TPSA) is 104 Å². The zero-order chi connectivity index (χ0) is 22.7. The third-order valence-corrected chi connectivity index (χ3v) is 5.39. The van der Waals surface area contributed by atoms with Crippen LogP contribution >= 0.6 is 0 Å². The molecule has 1 aliphatic rings. The van der Waals surface area contributed by atoms with Gasteiger partial charge in [-0.05, 0) is 44.4 Å². The molecule has 0 spiro atoms. The second kappa shape index (κ2) is 9.44. The molecule has 32 heavy (non-hydrogen) atoms. The minimum absolute atomic E-state index is 0.0663. The highest BCUT2D eigenvalue weighted by atomic mass is 16.5. The molecule has 0 N–H and O–H groups in total. The highest BCUT2D eigenvalue weighted by molar-refractivity contribution is 5.93. The number of rotatable bonds is 6.